The van der Waals surface area contributed by atoms with Crippen LogP contribution in [0.4, 0.5) is 0 Å². The fraction of sp³-hybridized carbons (Fsp3) is 0.357. The average molecular weight is 230 g/mol. The zero-order valence-corrected chi connectivity index (χ0v) is 10.5. The highest BCUT2D eigenvalue weighted by Gasteiger charge is 2.06. The summed E-state index contributed by atoms with van der Waals surface area (Å²) in [5.41, 5.74) is 2.41. The van der Waals surface area contributed by atoms with Crippen LogP contribution >= 0.6 is 0 Å². The van der Waals surface area contributed by atoms with Crippen molar-refractivity contribution in [2.45, 2.75) is 26.3 Å². The minimum atomic E-state index is 0.554. The first-order valence-corrected chi connectivity index (χ1v) is 5.90. The Kier molecular flexibility index (Phi) is 3.59. The van der Waals surface area contributed by atoms with Crippen LogP contribution in [0, 0.1) is 0 Å². The second-order valence-corrected chi connectivity index (χ2v) is 4.43. The molecule has 0 aliphatic rings. The zero-order chi connectivity index (χ0) is 12.3. The predicted octanol–water partition coefficient (Wildman–Crippen LogP) is 3.18. The number of rotatable bonds is 4. The van der Waals surface area contributed by atoms with Crippen LogP contribution in [0.25, 0.3) is 11.3 Å². The van der Waals surface area contributed by atoms with Crippen molar-refractivity contribution in [1.29, 1.82) is 0 Å². The fourth-order valence-electron chi connectivity index (χ4n) is 1.71. The Labute approximate surface area is 102 Å². The van der Waals surface area contributed by atoms with Gasteiger partial charge in [0.05, 0.1) is 12.7 Å². The van der Waals surface area contributed by atoms with E-state index < -0.39 is 0 Å². The summed E-state index contributed by atoms with van der Waals surface area (Å²) in [6.45, 7) is 5.03. The second kappa shape index (κ2) is 5.15. The monoisotopic (exact) mass is 230 g/mol. The Hall–Kier alpha value is -1.61. The molecular formula is C14H18N2O. The number of benzene rings is 1. The van der Waals surface area contributed by atoms with E-state index in [9.17, 15) is 0 Å². The molecule has 1 aromatic heterocycles. The minimum Gasteiger partial charge on any atom is -0.439 e. The smallest absolute Gasteiger partial charge is 0.208 e. The Morgan fingerprint density at radius 3 is 2.53 bits per heavy atom. The molecular weight excluding hydrogens is 212 g/mol. The highest BCUT2D eigenvalue weighted by Crippen LogP contribution is 2.23. The van der Waals surface area contributed by atoms with Crippen LogP contribution < -0.4 is 5.32 Å². The molecule has 0 spiro atoms. The standard InChI is InChI=1S/C14H18N2O/c1-10(2)11-4-6-12(7-5-11)13-8-16-14(17-13)9-15-3/h4-8,10,15H,9H2,1-3H3. The van der Waals surface area contributed by atoms with Gasteiger partial charge in [-0.3, -0.25) is 0 Å². The molecule has 3 nitrogen and oxygen atoms in total. The molecule has 2 rings (SSSR count). The normalized spacial score (nSPS) is 11.1. The van der Waals surface area contributed by atoms with E-state index in [-0.39, 0.29) is 0 Å². The Balaban J connectivity index is 2.21. The first-order valence-electron chi connectivity index (χ1n) is 5.90. The summed E-state index contributed by atoms with van der Waals surface area (Å²) in [7, 11) is 1.88. The lowest BCUT2D eigenvalue weighted by molar-refractivity contribution is 0.491. The van der Waals surface area contributed by atoms with Gasteiger partial charge >= 0.3 is 0 Å². The van der Waals surface area contributed by atoms with Gasteiger partial charge in [0.25, 0.3) is 0 Å². The second-order valence-electron chi connectivity index (χ2n) is 4.43. The van der Waals surface area contributed by atoms with Gasteiger partial charge in [-0.05, 0) is 18.5 Å². The van der Waals surface area contributed by atoms with E-state index in [0.717, 1.165) is 17.2 Å². The first-order chi connectivity index (χ1) is 8.20. The number of nitrogens with one attached hydrogen (secondary N) is 1. The molecule has 0 fully saturated rings. The number of hydrogen-bond donors (Lipinski definition) is 1. The summed E-state index contributed by atoms with van der Waals surface area (Å²) in [5.74, 6) is 2.10. The lowest BCUT2D eigenvalue weighted by Crippen LogP contribution is -2.04. The van der Waals surface area contributed by atoms with Gasteiger partial charge in [-0.25, -0.2) is 4.98 Å². The Morgan fingerprint density at radius 1 is 1.24 bits per heavy atom. The average Bonchev–Trinajstić information content (AvgIpc) is 2.78. The molecule has 0 saturated heterocycles. The maximum atomic E-state index is 5.64. The molecule has 90 valence electrons. The molecule has 0 radical (unpaired) electrons. The Morgan fingerprint density at radius 2 is 1.94 bits per heavy atom. The van der Waals surface area contributed by atoms with Crippen LogP contribution in [-0.4, -0.2) is 12.0 Å². The van der Waals surface area contributed by atoms with Crippen LogP contribution in [-0.2, 0) is 6.54 Å². The van der Waals surface area contributed by atoms with Gasteiger partial charge < -0.3 is 9.73 Å². The lowest BCUT2D eigenvalue weighted by atomic mass is 10.0. The summed E-state index contributed by atoms with van der Waals surface area (Å²) >= 11 is 0. The third-order valence-electron chi connectivity index (χ3n) is 2.74. The molecule has 0 unspecified atom stereocenters. The van der Waals surface area contributed by atoms with Crippen LogP contribution in [0.15, 0.2) is 34.9 Å². The van der Waals surface area contributed by atoms with Gasteiger partial charge in [-0.2, -0.15) is 0 Å². The molecule has 0 bridgehead atoms. The van der Waals surface area contributed by atoms with Crippen LogP contribution in [0.3, 0.4) is 0 Å². The molecule has 1 heterocycles. The van der Waals surface area contributed by atoms with E-state index in [0.29, 0.717) is 12.5 Å². The Bertz CT molecular complexity index is 471. The molecule has 1 N–H and O–H groups in total. The molecule has 0 aliphatic heterocycles. The third-order valence-corrected chi connectivity index (χ3v) is 2.74. The van der Waals surface area contributed by atoms with Crippen molar-refractivity contribution in [3.63, 3.8) is 0 Å². The summed E-state index contributed by atoms with van der Waals surface area (Å²) in [4.78, 5) is 4.21. The van der Waals surface area contributed by atoms with Crippen molar-refractivity contribution >= 4 is 0 Å². The van der Waals surface area contributed by atoms with Crippen LogP contribution in [0.5, 0.6) is 0 Å². The van der Waals surface area contributed by atoms with Crippen molar-refractivity contribution in [2.24, 2.45) is 0 Å². The number of nitrogens with zero attached hydrogens (tertiary/aromatic N) is 1. The first kappa shape index (κ1) is 11.9. The largest absolute Gasteiger partial charge is 0.439 e. The minimum absolute atomic E-state index is 0.554. The highest BCUT2D eigenvalue weighted by atomic mass is 16.4. The van der Waals surface area contributed by atoms with Gasteiger partial charge in [0.15, 0.2) is 5.76 Å². The third kappa shape index (κ3) is 2.74. The van der Waals surface area contributed by atoms with Gasteiger partial charge in [0.1, 0.15) is 0 Å². The molecule has 0 amide bonds. The summed E-state index contributed by atoms with van der Waals surface area (Å²) in [6, 6.07) is 8.44. The summed E-state index contributed by atoms with van der Waals surface area (Å²) in [5, 5.41) is 3.02. The SMILES string of the molecule is CNCc1ncc(-c2ccc(C(C)C)cc2)o1. The van der Waals surface area contributed by atoms with Crippen molar-refractivity contribution in [3.05, 3.63) is 41.9 Å². The highest BCUT2D eigenvalue weighted by molar-refractivity contribution is 5.56. The molecule has 17 heavy (non-hydrogen) atoms. The molecule has 0 aliphatic carbocycles. The van der Waals surface area contributed by atoms with E-state index >= 15 is 0 Å². The van der Waals surface area contributed by atoms with E-state index in [4.69, 9.17) is 4.42 Å². The quantitative estimate of drug-likeness (QED) is 0.876. The van der Waals surface area contributed by atoms with E-state index in [1.165, 1.54) is 5.56 Å². The fourth-order valence-corrected chi connectivity index (χ4v) is 1.71. The molecule has 0 atom stereocenters. The van der Waals surface area contributed by atoms with E-state index in [1.54, 1.807) is 6.20 Å². The lowest BCUT2D eigenvalue weighted by Gasteiger charge is -2.05. The van der Waals surface area contributed by atoms with E-state index in [1.807, 2.05) is 7.05 Å². The maximum absolute atomic E-state index is 5.64. The molecule has 3 heteroatoms. The van der Waals surface area contributed by atoms with Gasteiger partial charge in [0.2, 0.25) is 5.89 Å². The number of aromatic nitrogens is 1. The van der Waals surface area contributed by atoms with Crippen LogP contribution in [0.1, 0.15) is 31.2 Å². The zero-order valence-electron chi connectivity index (χ0n) is 10.5. The van der Waals surface area contributed by atoms with Crippen molar-refractivity contribution < 1.29 is 4.42 Å². The van der Waals surface area contributed by atoms with Crippen LogP contribution in [0.2, 0.25) is 0 Å². The number of oxazole rings is 1. The van der Waals surface area contributed by atoms with Crippen molar-refractivity contribution in [3.8, 4) is 11.3 Å². The number of hydrogen-bond acceptors (Lipinski definition) is 3. The molecule has 2 aromatic rings. The van der Waals surface area contributed by atoms with Crippen molar-refractivity contribution in [2.75, 3.05) is 7.05 Å². The summed E-state index contributed by atoms with van der Waals surface area (Å²) < 4.78 is 5.64. The molecule has 1 aromatic carbocycles. The van der Waals surface area contributed by atoms with Gasteiger partial charge in [0, 0.05) is 5.56 Å². The van der Waals surface area contributed by atoms with Crippen molar-refractivity contribution in [1.82, 2.24) is 10.3 Å². The topological polar surface area (TPSA) is 38.1 Å². The van der Waals surface area contributed by atoms with Gasteiger partial charge in [-0.15, -0.1) is 0 Å². The van der Waals surface area contributed by atoms with Gasteiger partial charge in [-0.1, -0.05) is 38.1 Å². The summed E-state index contributed by atoms with van der Waals surface area (Å²) in [6.07, 6.45) is 1.77. The van der Waals surface area contributed by atoms with E-state index in [2.05, 4.69) is 48.4 Å². The predicted molar refractivity (Wildman–Crippen MR) is 68.8 cm³/mol. The molecule has 0 saturated carbocycles. The maximum Gasteiger partial charge on any atom is 0.208 e.